The fraction of sp³-hybridized carbons (Fsp3) is 1.00. The predicted octanol–water partition coefficient (Wildman–Crippen LogP) is 2.69. The monoisotopic (exact) mass is 136 g/mol. The van der Waals surface area contributed by atoms with Crippen molar-refractivity contribution in [2.24, 2.45) is 28.6 Å². The standard InChI is InChI=1S/C10H16/c1-4-7-8-6(2)9(3)5-10(7,8)9/h6-8H,4-5H2,1-3H3. The molecule has 3 aliphatic carbocycles. The van der Waals surface area contributed by atoms with Crippen molar-refractivity contribution in [1.29, 1.82) is 0 Å². The van der Waals surface area contributed by atoms with Gasteiger partial charge in [0, 0.05) is 0 Å². The Morgan fingerprint density at radius 3 is 2.40 bits per heavy atom. The van der Waals surface area contributed by atoms with Crippen LogP contribution in [0.2, 0.25) is 0 Å². The molecule has 3 saturated carbocycles. The lowest BCUT2D eigenvalue weighted by Crippen LogP contribution is -2.24. The molecule has 0 heterocycles. The second-order valence-corrected chi connectivity index (χ2v) is 4.96. The molecule has 0 saturated heterocycles. The van der Waals surface area contributed by atoms with E-state index in [9.17, 15) is 0 Å². The van der Waals surface area contributed by atoms with Gasteiger partial charge < -0.3 is 0 Å². The highest BCUT2D eigenvalue weighted by Crippen LogP contribution is 2.99. The van der Waals surface area contributed by atoms with E-state index >= 15 is 0 Å². The smallest absolute Gasteiger partial charge is 0.0170 e. The molecule has 0 amide bonds. The molecule has 10 heavy (non-hydrogen) atoms. The van der Waals surface area contributed by atoms with Crippen LogP contribution in [0.25, 0.3) is 0 Å². The second kappa shape index (κ2) is 1.09. The molecule has 1 spiro atoms. The van der Waals surface area contributed by atoms with Gasteiger partial charge in [0.2, 0.25) is 0 Å². The van der Waals surface area contributed by atoms with Gasteiger partial charge in [0.05, 0.1) is 0 Å². The van der Waals surface area contributed by atoms with Crippen LogP contribution in [0, 0.1) is 28.6 Å². The van der Waals surface area contributed by atoms with Gasteiger partial charge in [-0.3, -0.25) is 0 Å². The van der Waals surface area contributed by atoms with E-state index in [0.717, 1.165) is 22.7 Å². The fourth-order valence-corrected chi connectivity index (χ4v) is 4.47. The number of hydrogen-bond donors (Lipinski definition) is 0. The minimum atomic E-state index is 0.832. The maximum atomic E-state index is 2.50. The minimum Gasteiger partial charge on any atom is -0.0651 e. The number of rotatable bonds is 1. The first-order valence-electron chi connectivity index (χ1n) is 4.68. The summed E-state index contributed by atoms with van der Waals surface area (Å²) in [5, 5.41) is 0. The average Bonchev–Trinajstić information content (AvgIpc) is 2.70. The SMILES string of the molecule is CCC1C2C(C)C3(C)CC123. The zero-order valence-electron chi connectivity index (χ0n) is 7.15. The van der Waals surface area contributed by atoms with Crippen LogP contribution in [0.4, 0.5) is 0 Å². The Morgan fingerprint density at radius 2 is 2.20 bits per heavy atom. The first-order valence-corrected chi connectivity index (χ1v) is 4.68. The zero-order valence-corrected chi connectivity index (χ0v) is 7.15. The maximum absolute atomic E-state index is 2.50. The van der Waals surface area contributed by atoms with Crippen LogP contribution in [0.1, 0.15) is 33.6 Å². The largest absolute Gasteiger partial charge is 0.0651 e. The minimum absolute atomic E-state index is 0.832. The van der Waals surface area contributed by atoms with Crippen molar-refractivity contribution < 1.29 is 0 Å². The first kappa shape index (κ1) is 5.62. The van der Waals surface area contributed by atoms with Crippen molar-refractivity contribution in [2.45, 2.75) is 33.6 Å². The summed E-state index contributed by atoms with van der Waals surface area (Å²) in [7, 11) is 0. The van der Waals surface area contributed by atoms with E-state index in [1.54, 1.807) is 6.42 Å². The summed E-state index contributed by atoms with van der Waals surface area (Å²) in [5.74, 6) is 3.38. The van der Waals surface area contributed by atoms with Crippen molar-refractivity contribution in [3.8, 4) is 0 Å². The van der Waals surface area contributed by atoms with Gasteiger partial charge >= 0.3 is 0 Å². The highest BCUT2D eigenvalue weighted by atomic mass is 15.0. The van der Waals surface area contributed by atoms with E-state index in [1.807, 2.05) is 0 Å². The Balaban J connectivity index is 1.94. The van der Waals surface area contributed by atoms with Gasteiger partial charge in [-0.2, -0.15) is 0 Å². The van der Waals surface area contributed by atoms with Gasteiger partial charge in [0.1, 0.15) is 0 Å². The summed E-state index contributed by atoms with van der Waals surface area (Å²) in [4.78, 5) is 0. The van der Waals surface area contributed by atoms with Crippen LogP contribution in [0.3, 0.4) is 0 Å². The summed E-state index contributed by atoms with van der Waals surface area (Å²) in [6, 6.07) is 0. The Morgan fingerprint density at radius 1 is 1.50 bits per heavy atom. The van der Waals surface area contributed by atoms with E-state index < -0.39 is 0 Å². The van der Waals surface area contributed by atoms with Crippen molar-refractivity contribution in [3.05, 3.63) is 0 Å². The number of hydrogen-bond acceptors (Lipinski definition) is 0. The quantitative estimate of drug-likeness (QED) is 0.520. The second-order valence-electron chi connectivity index (χ2n) is 4.96. The van der Waals surface area contributed by atoms with Crippen molar-refractivity contribution in [1.82, 2.24) is 0 Å². The third kappa shape index (κ3) is 0.258. The van der Waals surface area contributed by atoms with Crippen LogP contribution >= 0.6 is 0 Å². The van der Waals surface area contributed by atoms with Gasteiger partial charge in [0.15, 0.2) is 0 Å². The molecule has 0 aromatic rings. The lowest BCUT2D eigenvalue weighted by atomic mass is 9.76. The fourth-order valence-electron chi connectivity index (χ4n) is 4.47. The first-order chi connectivity index (χ1) is 4.68. The lowest BCUT2D eigenvalue weighted by molar-refractivity contribution is 0.188. The normalized spacial score (nSPS) is 75.3. The molecule has 3 aliphatic rings. The van der Waals surface area contributed by atoms with E-state index in [4.69, 9.17) is 0 Å². The maximum Gasteiger partial charge on any atom is -0.0170 e. The third-order valence-electron chi connectivity index (χ3n) is 5.16. The van der Waals surface area contributed by atoms with E-state index in [2.05, 4.69) is 20.8 Å². The van der Waals surface area contributed by atoms with E-state index in [0.29, 0.717) is 0 Å². The van der Waals surface area contributed by atoms with Crippen LogP contribution in [-0.4, -0.2) is 0 Å². The summed E-state index contributed by atoms with van der Waals surface area (Å²) in [6.45, 7) is 7.33. The molecule has 0 bridgehead atoms. The van der Waals surface area contributed by atoms with Gasteiger partial charge in [0.25, 0.3) is 0 Å². The average molecular weight is 136 g/mol. The summed E-state index contributed by atoms with van der Waals surface area (Å²) >= 11 is 0. The molecule has 0 N–H and O–H groups in total. The van der Waals surface area contributed by atoms with Crippen molar-refractivity contribution in [3.63, 3.8) is 0 Å². The van der Waals surface area contributed by atoms with Crippen molar-refractivity contribution in [2.75, 3.05) is 0 Å². The Labute approximate surface area is 63.0 Å². The highest BCUT2D eigenvalue weighted by Gasteiger charge is 2.94. The van der Waals surface area contributed by atoms with Gasteiger partial charge in [-0.25, -0.2) is 0 Å². The molecule has 0 radical (unpaired) electrons. The van der Waals surface area contributed by atoms with Gasteiger partial charge in [-0.15, -0.1) is 0 Å². The molecule has 0 heteroatoms. The molecule has 0 aromatic heterocycles. The van der Waals surface area contributed by atoms with E-state index in [-0.39, 0.29) is 0 Å². The van der Waals surface area contributed by atoms with Crippen LogP contribution in [-0.2, 0) is 0 Å². The molecule has 56 valence electrons. The Hall–Kier alpha value is 0. The highest BCUT2D eigenvalue weighted by molar-refractivity contribution is 5.41. The molecule has 0 aromatic carbocycles. The topological polar surface area (TPSA) is 0 Å². The molecular weight excluding hydrogens is 120 g/mol. The van der Waals surface area contributed by atoms with Gasteiger partial charge in [-0.05, 0) is 35.0 Å². The van der Waals surface area contributed by atoms with Crippen LogP contribution < -0.4 is 0 Å². The predicted molar refractivity (Wildman–Crippen MR) is 41.6 cm³/mol. The molecular formula is C10H16. The molecule has 5 atom stereocenters. The molecule has 3 rings (SSSR count). The third-order valence-corrected chi connectivity index (χ3v) is 5.16. The van der Waals surface area contributed by atoms with Crippen LogP contribution in [0.5, 0.6) is 0 Å². The summed E-state index contributed by atoms with van der Waals surface area (Å²) in [5.41, 5.74) is 1.76. The van der Waals surface area contributed by atoms with Gasteiger partial charge in [-0.1, -0.05) is 27.2 Å². The molecule has 5 unspecified atom stereocenters. The zero-order chi connectivity index (χ0) is 7.15. The van der Waals surface area contributed by atoms with Crippen LogP contribution in [0.15, 0.2) is 0 Å². The summed E-state index contributed by atoms with van der Waals surface area (Å²) in [6.07, 6.45) is 3.02. The molecule has 0 nitrogen and oxygen atoms in total. The summed E-state index contributed by atoms with van der Waals surface area (Å²) < 4.78 is 0. The Kier molecular flexibility index (Phi) is 0.612. The molecule has 3 fully saturated rings. The van der Waals surface area contributed by atoms with Crippen molar-refractivity contribution >= 4 is 0 Å². The molecule has 0 aliphatic heterocycles. The Bertz CT molecular complexity index is 202. The lowest BCUT2D eigenvalue weighted by Gasteiger charge is -2.28. The van der Waals surface area contributed by atoms with E-state index in [1.165, 1.54) is 12.3 Å².